The van der Waals surface area contributed by atoms with Crippen LogP contribution in [0.5, 0.6) is 0 Å². The molecule has 3 aliphatic rings. The third kappa shape index (κ3) is 9.09. The van der Waals surface area contributed by atoms with Crippen molar-refractivity contribution in [2.75, 3.05) is 12.3 Å². The molecular formula is C34H46N8O10S. The minimum Gasteiger partial charge on any atom is -0.393 e. The number of amides is 7. The van der Waals surface area contributed by atoms with Crippen molar-refractivity contribution in [2.45, 2.75) is 113 Å². The number of fused-ring (bicyclic) bond motifs is 5. The van der Waals surface area contributed by atoms with Crippen molar-refractivity contribution < 1.29 is 48.9 Å². The summed E-state index contributed by atoms with van der Waals surface area (Å²) in [5.74, 6) is -5.88. The molecule has 7 amide bonds. The Balaban J connectivity index is 1.68. The highest BCUT2D eigenvalue weighted by Gasteiger charge is 2.43. The fourth-order valence-corrected chi connectivity index (χ4v) is 7.71. The third-order valence-corrected chi connectivity index (χ3v) is 10.6. The van der Waals surface area contributed by atoms with E-state index in [9.17, 15) is 48.9 Å². The number of hydrogen-bond donors (Lipinski definition) is 10. The highest BCUT2D eigenvalue weighted by atomic mass is 32.2. The van der Waals surface area contributed by atoms with E-state index < -0.39 is 102 Å². The molecule has 4 heterocycles. The van der Waals surface area contributed by atoms with Gasteiger partial charge in [-0.3, -0.25) is 33.6 Å². The molecule has 2 bridgehead atoms. The molecule has 0 radical (unpaired) electrons. The van der Waals surface area contributed by atoms with Gasteiger partial charge in [0.05, 0.1) is 23.3 Å². The zero-order valence-electron chi connectivity index (χ0n) is 29.7. The Hall–Kier alpha value is -4.72. The van der Waals surface area contributed by atoms with Crippen LogP contribution in [0.25, 0.3) is 10.9 Å². The van der Waals surface area contributed by atoms with Crippen LogP contribution in [0, 0.1) is 0 Å². The molecule has 1 aromatic heterocycles. The molecule has 53 heavy (non-hydrogen) atoms. The Morgan fingerprint density at radius 1 is 0.792 bits per heavy atom. The molecule has 3 aliphatic heterocycles. The van der Waals surface area contributed by atoms with Crippen molar-refractivity contribution >= 4 is 64.0 Å². The summed E-state index contributed by atoms with van der Waals surface area (Å²) in [6, 6.07) is -2.32. The standard InChI is InChI=1S/C34H46N8O10S/c1-14(43)9-22-29(48)35-16(3)28(47)41-26(17(4)44)32(51)39-24-13-53-33-20(19-7-5-6-8-21(19)40-33)11-23(30(49)38-22)37-27(46)15(2)36-31(50)25-10-18(45)12-42(25)34(24)52/h5-8,14-18,22-26,40,43-45H,9-13H2,1-4H3,(H,35,48)(H,36,50)(H,37,46)(H,38,49)(H,39,51)(H,41,47)/t14?,15-,16-,17+,18+,22-,23-,24-,25-,26-/m0/s1. The van der Waals surface area contributed by atoms with E-state index in [1.165, 1.54) is 27.7 Å². The van der Waals surface area contributed by atoms with E-state index in [0.717, 1.165) is 16.7 Å². The van der Waals surface area contributed by atoms with E-state index in [-0.39, 0.29) is 31.6 Å². The number of thioether (sulfide) groups is 1. The van der Waals surface area contributed by atoms with Crippen LogP contribution in [0.15, 0.2) is 29.3 Å². The molecule has 1 saturated heterocycles. The summed E-state index contributed by atoms with van der Waals surface area (Å²) < 4.78 is 0. The first kappa shape index (κ1) is 39.5. The second-order valence-corrected chi connectivity index (χ2v) is 14.9. The molecule has 1 aromatic carbocycles. The number of rotatable bonds is 3. The van der Waals surface area contributed by atoms with Crippen LogP contribution in [-0.2, 0) is 40.0 Å². The number of hydrogen-bond acceptors (Lipinski definition) is 11. The highest BCUT2D eigenvalue weighted by Crippen LogP contribution is 2.32. The van der Waals surface area contributed by atoms with Gasteiger partial charge in [-0.15, -0.1) is 11.8 Å². The van der Waals surface area contributed by atoms with Crippen LogP contribution >= 0.6 is 11.8 Å². The maximum Gasteiger partial charge on any atom is 0.246 e. The van der Waals surface area contributed by atoms with E-state index in [2.05, 4.69) is 36.9 Å². The van der Waals surface area contributed by atoms with E-state index in [0.29, 0.717) is 21.5 Å². The van der Waals surface area contributed by atoms with Crippen molar-refractivity contribution in [3.63, 3.8) is 0 Å². The van der Waals surface area contributed by atoms with Gasteiger partial charge < -0.3 is 57.1 Å². The molecule has 10 atom stereocenters. The van der Waals surface area contributed by atoms with Crippen molar-refractivity contribution in [1.82, 2.24) is 41.8 Å². The van der Waals surface area contributed by atoms with Gasteiger partial charge >= 0.3 is 0 Å². The first-order valence-corrected chi connectivity index (χ1v) is 18.4. The summed E-state index contributed by atoms with van der Waals surface area (Å²) >= 11 is 1.11. The number of aliphatic hydroxyl groups excluding tert-OH is 3. The van der Waals surface area contributed by atoms with Gasteiger partial charge in [-0.2, -0.15) is 0 Å². The summed E-state index contributed by atoms with van der Waals surface area (Å²) in [5.41, 5.74) is 1.22. The lowest BCUT2D eigenvalue weighted by atomic mass is 10.0. The number of benzene rings is 1. The average molecular weight is 759 g/mol. The lowest BCUT2D eigenvalue weighted by molar-refractivity contribution is -0.142. The first-order chi connectivity index (χ1) is 25.0. The zero-order chi connectivity index (χ0) is 38.7. The predicted octanol–water partition coefficient (Wildman–Crippen LogP) is -3.11. The van der Waals surface area contributed by atoms with Gasteiger partial charge in [0.15, 0.2) is 0 Å². The second-order valence-electron chi connectivity index (χ2n) is 13.8. The molecule has 1 unspecified atom stereocenters. The van der Waals surface area contributed by atoms with Crippen LogP contribution in [0.4, 0.5) is 0 Å². The van der Waals surface area contributed by atoms with Crippen molar-refractivity contribution in [1.29, 1.82) is 0 Å². The normalized spacial score (nSPS) is 30.8. The Labute approximate surface area is 308 Å². The zero-order valence-corrected chi connectivity index (χ0v) is 30.5. The van der Waals surface area contributed by atoms with Gasteiger partial charge in [0.25, 0.3) is 0 Å². The van der Waals surface area contributed by atoms with Crippen LogP contribution < -0.4 is 31.9 Å². The van der Waals surface area contributed by atoms with Crippen molar-refractivity contribution in [2.24, 2.45) is 0 Å². The molecule has 0 saturated carbocycles. The highest BCUT2D eigenvalue weighted by molar-refractivity contribution is 7.99. The quantitative estimate of drug-likeness (QED) is 0.150. The van der Waals surface area contributed by atoms with Gasteiger partial charge in [-0.1, -0.05) is 18.2 Å². The Morgan fingerprint density at radius 2 is 1.43 bits per heavy atom. The topological polar surface area (TPSA) is 271 Å². The Bertz CT molecular complexity index is 1770. The number of nitrogens with zero attached hydrogens (tertiary/aromatic N) is 1. The monoisotopic (exact) mass is 758 g/mol. The number of H-pyrrole nitrogens is 1. The molecule has 2 aromatic rings. The number of carbonyl (C=O) groups excluding carboxylic acids is 7. The smallest absolute Gasteiger partial charge is 0.246 e. The maximum absolute atomic E-state index is 14.3. The number of carbonyl (C=O) groups is 7. The first-order valence-electron chi connectivity index (χ1n) is 17.4. The van der Waals surface area contributed by atoms with E-state index in [4.69, 9.17) is 0 Å². The molecule has 1 fully saturated rings. The number of aromatic nitrogens is 1. The van der Waals surface area contributed by atoms with Crippen molar-refractivity contribution in [3.8, 4) is 0 Å². The van der Waals surface area contributed by atoms with Crippen LogP contribution in [-0.4, -0.2) is 139 Å². The van der Waals surface area contributed by atoms with Gasteiger partial charge in [-0.25, -0.2) is 0 Å². The summed E-state index contributed by atoms with van der Waals surface area (Å²) in [5, 5.41) is 47.9. The van der Waals surface area contributed by atoms with Gasteiger partial charge in [-0.05, 0) is 39.3 Å². The van der Waals surface area contributed by atoms with Crippen molar-refractivity contribution in [3.05, 3.63) is 29.8 Å². The molecule has 19 heteroatoms. The van der Waals surface area contributed by atoms with E-state index in [1.54, 1.807) is 24.3 Å². The molecule has 18 nitrogen and oxygen atoms in total. The largest absolute Gasteiger partial charge is 0.393 e. The maximum atomic E-state index is 14.3. The molecule has 5 rings (SSSR count). The molecule has 10 N–H and O–H groups in total. The van der Waals surface area contributed by atoms with Gasteiger partial charge in [0, 0.05) is 42.5 Å². The van der Waals surface area contributed by atoms with E-state index >= 15 is 0 Å². The number of aliphatic hydroxyl groups is 3. The second kappa shape index (κ2) is 16.5. The summed E-state index contributed by atoms with van der Waals surface area (Å²) in [6.45, 7) is 5.10. The summed E-state index contributed by atoms with van der Waals surface area (Å²) in [4.78, 5) is 101. The third-order valence-electron chi connectivity index (χ3n) is 9.47. The fraction of sp³-hybridized carbons (Fsp3) is 0.559. The summed E-state index contributed by atoms with van der Waals surface area (Å²) in [6.07, 6.45) is -4.23. The minimum atomic E-state index is -1.60. The average Bonchev–Trinajstić information content (AvgIpc) is 3.66. The summed E-state index contributed by atoms with van der Waals surface area (Å²) in [7, 11) is 0. The van der Waals surface area contributed by atoms with Crippen LogP contribution in [0.3, 0.4) is 0 Å². The SMILES string of the molecule is CC(O)C[C@@H]1NC(=O)[C@@H]2Cc3c([nH]c4ccccc34)SC[C@H](NC(=O)[C@H]([C@@H](C)O)NC(=O)[C@H](C)NC1=O)C(=O)N1C[C@H](O)C[C@H]1C(=O)N[C@@H](C)C(=O)N2. The molecule has 0 spiro atoms. The van der Waals surface area contributed by atoms with Crippen LogP contribution in [0.2, 0.25) is 0 Å². The minimum absolute atomic E-state index is 0.136. The Morgan fingerprint density at radius 3 is 2.11 bits per heavy atom. The van der Waals surface area contributed by atoms with Gasteiger partial charge in [0.1, 0.15) is 42.3 Å². The lowest BCUT2D eigenvalue weighted by Crippen LogP contribution is -2.61. The Kier molecular flexibility index (Phi) is 12.3. The lowest BCUT2D eigenvalue weighted by Gasteiger charge is -2.30. The number of aromatic amines is 1. The molecule has 0 aliphatic carbocycles. The molecule has 288 valence electrons. The van der Waals surface area contributed by atoms with Gasteiger partial charge in [0.2, 0.25) is 41.4 Å². The fourth-order valence-electron chi connectivity index (χ4n) is 6.60. The predicted molar refractivity (Wildman–Crippen MR) is 190 cm³/mol. The number of para-hydroxylation sites is 1. The van der Waals surface area contributed by atoms with E-state index in [1.807, 2.05) is 0 Å². The number of nitrogens with one attached hydrogen (secondary N) is 7. The molecular weight excluding hydrogens is 712 g/mol. The van der Waals surface area contributed by atoms with Crippen LogP contribution in [0.1, 0.15) is 46.1 Å².